The molecular weight excluding hydrogens is 442 g/mol. The molecule has 1 aliphatic carbocycles. The van der Waals surface area contributed by atoms with E-state index in [2.05, 4.69) is 38.0 Å². The number of carbonyl (C=O) groups excluding carboxylic acids is 2. The minimum absolute atomic E-state index is 0.0718. The van der Waals surface area contributed by atoms with E-state index >= 15 is 0 Å². The lowest BCUT2D eigenvalue weighted by Crippen LogP contribution is -2.40. The lowest BCUT2D eigenvalue weighted by atomic mass is 9.96. The summed E-state index contributed by atoms with van der Waals surface area (Å²) in [5.74, 6) is 0.552. The van der Waals surface area contributed by atoms with E-state index in [4.69, 9.17) is 11.6 Å². The Morgan fingerprint density at radius 1 is 1.19 bits per heavy atom. The van der Waals surface area contributed by atoms with Crippen molar-refractivity contribution >= 4 is 34.8 Å². The molecule has 2 heterocycles. The lowest BCUT2D eigenvalue weighted by molar-refractivity contribution is -0.134. The average molecular weight is 474 g/mol. The Balaban J connectivity index is 1.30. The van der Waals surface area contributed by atoms with Crippen molar-refractivity contribution in [1.82, 2.24) is 15.2 Å². The van der Waals surface area contributed by atoms with Crippen molar-refractivity contribution in [3.63, 3.8) is 0 Å². The number of aryl methyl sites for hydroxylation is 1. The molecule has 7 heteroatoms. The van der Waals surface area contributed by atoms with Crippen LogP contribution in [0, 0.1) is 23.7 Å². The molecule has 5 nitrogen and oxygen atoms in total. The number of halogens is 1. The number of piperidine rings is 1. The summed E-state index contributed by atoms with van der Waals surface area (Å²) in [7, 11) is 0. The van der Waals surface area contributed by atoms with Crippen molar-refractivity contribution in [2.45, 2.75) is 59.9 Å². The van der Waals surface area contributed by atoms with Crippen LogP contribution in [0.4, 0.5) is 0 Å². The minimum Gasteiger partial charge on any atom is -0.347 e. The molecule has 1 saturated heterocycles. The molecule has 2 aromatic rings. The van der Waals surface area contributed by atoms with Crippen LogP contribution < -0.4 is 5.32 Å². The molecule has 1 aliphatic heterocycles. The zero-order valence-electron chi connectivity index (χ0n) is 19.5. The number of hydrogen-bond donors (Lipinski definition) is 1. The van der Waals surface area contributed by atoms with E-state index in [0.29, 0.717) is 29.1 Å². The monoisotopic (exact) mass is 473 g/mol. The van der Waals surface area contributed by atoms with Gasteiger partial charge in [0.1, 0.15) is 5.69 Å². The summed E-state index contributed by atoms with van der Waals surface area (Å²) in [4.78, 5) is 32.2. The topological polar surface area (TPSA) is 62.3 Å². The zero-order chi connectivity index (χ0) is 23.3. The maximum atomic E-state index is 13.0. The highest BCUT2D eigenvalue weighted by Crippen LogP contribution is 2.68. The summed E-state index contributed by atoms with van der Waals surface area (Å²) in [5, 5.41) is 6.46. The highest BCUT2D eigenvalue weighted by atomic mass is 35.5. The number of nitrogens with one attached hydrogen (secondary N) is 1. The van der Waals surface area contributed by atoms with Crippen LogP contribution in [0.2, 0.25) is 5.02 Å². The normalized spacial score (nSPS) is 20.2. The van der Waals surface area contributed by atoms with Crippen molar-refractivity contribution in [2.75, 3.05) is 13.1 Å². The molecule has 32 heavy (non-hydrogen) atoms. The Labute approximate surface area is 199 Å². The summed E-state index contributed by atoms with van der Waals surface area (Å²) in [6, 6.07) is 5.79. The molecule has 1 saturated carbocycles. The maximum Gasteiger partial charge on any atom is 0.271 e. The first kappa shape index (κ1) is 23.2. The number of thiazole rings is 1. The zero-order valence-corrected chi connectivity index (χ0v) is 21.1. The summed E-state index contributed by atoms with van der Waals surface area (Å²) in [6.45, 7) is 12.7. The third-order valence-corrected chi connectivity index (χ3v) is 9.28. The molecule has 1 aromatic heterocycles. The highest BCUT2D eigenvalue weighted by molar-refractivity contribution is 7.09. The number of amides is 2. The largest absolute Gasteiger partial charge is 0.347 e. The number of aromatic nitrogens is 1. The molecule has 0 bridgehead atoms. The molecule has 0 unspecified atom stereocenters. The molecule has 0 radical (unpaired) electrons. The van der Waals surface area contributed by atoms with Gasteiger partial charge in [0.05, 0.1) is 5.01 Å². The SMILES string of the molecule is Cc1ccc(CNC(=O)c2csc(C3CCN(C(=O)C4C(C)(C)C4(C)C)CC3)n2)cc1Cl. The fraction of sp³-hybridized carbons (Fsp3) is 0.560. The van der Waals surface area contributed by atoms with E-state index in [1.165, 1.54) is 0 Å². The summed E-state index contributed by atoms with van der Waals surface area (Å²) in [5.41, 5.74) is 2.58. The molecule has 2 amide bonds. The Morgan fingerprint density at radius 3 is 2.44 bits per heavy atom. The van der Waals surface area contributed by atoms with Gasteiger partial charge < -0.3 is 10.2 Å². The van der Waals surface area contributed by atoms with Crippen molar-refractivity contribution in [1.29, 1.82) is 0 Å². The van der Waals surface area contributed by atoms with Crippen molar-refractivity contribution < 1.29 is 9.59 Å². The van der Waals surface area contributed by atoms with Gasteiger partial charge in [-0.2, -0.15) is 0 Å². The number of benzene rings is 1. The van der Waals surface area contributed by atoms with Gasteiger partial charge in [-0.05, 0) is 47.8 Å². The fourth-order valence-corrected chi connectivity index (χ4v) is 6.12. The van der Waals surface area contributed by atoms with Crippen molar-refractivity contribution in [3.05, 3.63) is 50.4 Å². The molecule has 172 valence electrons. The summed E-state index contributed by atoms with van der Waals surface area (Å²) >= 11 is 7.71. The van der Waals surface area contributed by atoms with Crippen LogP contribution in [0.15, 0.2) is 23.6 Å². The predicted molar refractivity (Wildman–Crippen MR) is 129 cm³/mol. The highest BCUT2D eigenvalue weighted by Gasteiger charge is 2.68. The van der Waals surface area contributed by atoms with Crippen LogP contribution in [-0.4, -0.2) is 34.8 Å². The lowest BCUT2D eigenvalue weighted by Gasteiger charge is -2.31. The van der Waals surface area contributed by atoms with E-state index in [1.54, 1.807) is 11.3 Å². The van der Waals surface area contributed by atoms with Gasteiger partial charge >= 0.3 is 0 Å². The van der Waals surface area contributed by atoms with Crippen LogP contribution in [0.5, 0.6) is 0 Å². The average Bonchev–Trinajstić information content (AvgIpc) is 3.08. The first-order valence-corrected chi connectivity index (χ1v) is 12.6. The van der Waals surface area contributed by atoms with Gasteiger partial charge in [0.25, 0.3) is 5.91 Å². The summed E-state index contributed by atoms with van der Waals surface area (Å²) < 4.78 is 0. The van der Waals surface area contributed by atoms with E-state index in [1.807, 2.05) is 35.4 Å². The van der Waals surface area contributed by atoms with E-state index in [9.17, 15) is 9.59 Å². The predicted octanol–water partition coefficient (Wildman–Crippen LogP) is 5.42. The number of rotatable bonds is 5. The van der Waals surface area contributed by atoms with Gasteiger partial charge in [0, 0.05) is 41.9 Å². The van der Waals surface area contributed by atoms with Crippen LogP contribution in [0.1, 0.15) is 73.1 Å². The second-order valence-corrected chi connectivity index (χ2v) is 11.6. The molecular formula is C25H32ClN3O2S. The van der Waals surface area contributed by atoms with Gasteiger partial charge in [-0.3, -0.25) is 9.59 Å². The number of carbonyl (C=O) groups is 2. The summed E-state index contributed by atoms with van der Waals surface area (Å²) in [6.07, 6.45) is 1.80. The standard InChI is InChI=1S/C25H32ClN3O2S/c1-15-6-7-16(12-18(15)26)13-27-21(30)19-14-32-22(28-19)17-8-10-29(11-9-17)23(31)20-24(2,3)25(20,4)5/h6-7,12,14,17,20H,8-11,13H2,1-5H3,(H,27,30). The molecule has 0 spiro atoms. The van der Waals surface area contributed by atoms with Crippen LogP contribution in [0.25, 0.3) is 0 Å². The van der Waals surface area contributed by atoms with E-state index in [0.717, 1.165) is 42.1 Å². The van der Waals surface area contributed by atoms with E-state index in [-0.39, 0.29) is 22.7 Å². The van der Waals surface area contributed by atoms with Gasteiger partial charge in [0.15, 0.2) is 0 Å². The van der Waals surface area contributed by atoms with Crippen molar-refractivity contribution in [2.24, 2.45) is 16.7 Å². The third kappa shape index (κ3) is 4.19. The molecule has 2 aliphatic rings. The van der Waals surface area contributed by atoms with Gasteiger partial charge in [0.2, 0.25) is 5.91 Å². The van der Waals surface area contributed by atoms with E-state index < -0.39 is 0 Å². The quantitative estimate of drug-likeness (QED) is 0.630. The first-order chi connectivity index (χ1) is 15.0. The smallest absolute Gasteiger partial charge is 0.271 e. The Morgan fingerprint density at radius 2 is 1.84 bits per heavy atom. The second kappa shape index (κ2) is 8.45. The van der Waals surface area contributed by atoms with Gasteiger partial charge in [-0.1, -0.05) is 51.4 Å². The van der Waals surface area contributed by atoms with Crippen molar-refractivity contribution in [3.8, 4) is 0 Å². The number of hydrogen-bond acceptors (Lipinski definition) is 4. The molecule has 0 atom stereocenters. The molecule has 1 N–H and O–H groups in total. The Kier molecular flexibility index (Phi) is 6.14. The number of nitrogens with zero attached hydrogens (tertiary/aromatic N) is 2. The minimum atomic E-state index is -0.171. The van der Waals surface area contributed by atoms with Gasteiger partial charge in [-0.15, -0.1) is 11.3 Å². The first-order valence-electron chi connectivity index (χ1n) is 11.3. The van der Waals surface area contributed by atoms with Gasteiger partial charge in [-0.25, -0.2) is 4.98 Å². The van der Waals surface area contributed by atoms with Crippen LogP contribution in [-0.2, 0) is 11.3 Å². The second-order valence-electron chi connectivity index (χ2n) is 10.3. The Hall–Kier alpha value is -1.92. The van der Waals surface area contributed by atoms with Crippen LogP contribution in [0.3, 0.4) is 0 Å². The maximum absolute atomic E-state index is 13.0. The van der Waals surface area contributed by atoms with Crippen LogP contribution >= 0.6 is 22.9 Å². The number of likely N-dealkylation sites (tertiary alicyclic amines) is 1. The third-order valence-electron chi connectivity index (χ3n) is 7.87. The Bertz CT molecular complexity index is 1020. The fourth-order valence-electron chi connectivity index (χ4n) is 4.94. The molecule has 1 aromatic carbocycles. The molecule has 2 fully saturated rings. The molecule has 4 rings (SSSR count).